The van der Waals surface area contributed by atoms with Crippen molar-refractivity contribution in [2.24, 2.45) is 0 Å². The van der Waals surface area contributed by atoms with E-state index in [1.807, 2.05) is 13.2 Å². The Kier molecular flexibility index (Phi) is 11.0. The largest absolute Gasteiger partial charge is 0.312 e. The van der Waals surface area contributed by atoms with Crippen LogP contribution in [0.3, 0.4) is 0 Å². The first-order valence-electron chi connectivity index (χ1n) is 8.81. The van der Waals surface area contributed by atoms with Crippen molar-refractivity contribution in [3.63, 3.8) is 0 Å². The Morgan fingerprint density at radius 3 is 2.05 bits per heavy atom. The molecule has 1 aromatic heterocycles. The monoisotopic (exact) mass is 291 g/mol. The second kappa shape index (κ2) is 12.8. The van der Waals surface area contributed by atoms with Gasteiger partial charge in [0.15, 0.2) is 0 Å². The molecule has 1 unspecified atom stereocenters. The highest BCUT2D eigenvalue weighted by molar-refractivity contribution is 5.01. The molecule has 0 radical (unpaired) electrons. The first-order valence-corrected chi connectivity index (χ1v) is 8.81. The molecule has 1 heterocycles. The average molecular weight is 291 g/mol. The summed E-state index contributed by atoms with van der Waals surface area (Å²) in [5.74, 6) is 0. The summed E-state index contributed by atoms with van der Waals surface area (Å²) in [6.07, 6.45) is 20.4. The lowest BCUT2D eigenvalue weighted by Crippen LogP contribution is -2.17. The molecule has 3 heteroatoms. The van der Waals surface area contributed by atoms with Gasteiger partial charge < -0.3 is 5.32 Å². The molecule has 0 aliphatic heterocycles. The van der Waals surface area contributed by atoms with Crippen molar-refractivity contribution in [2.75, 3.05) is 7.05 Å². The molecule has 21 heavy (non-hydrogen) atoms. The van der Waals surface area contributed by atoms with Gasteiger partial charge in [-0.25, -0.2) is 0 Å². The number of rotatable bonds is 13. The molecule has 120 valence electrons. The zero-order valence-corrected chi connectivity index (χ0v) is 14.0. The van der Waals surface area contributed by atoms with Gasteiger partial charge in [-0.3, -0.25) is 9.97 Å². The molecule has 0 amide bonds. The molecule has 0 aromatic carbocycles. The van der Waals surface area contributed by atoms with Crippen molar-refractivity contribution in [2.45, 2.75) is 83.6 Å². The Labute approximate surface area is 131 Å². The van der Waals surface area contributed by atoms with Crippen LogP contribution in [0.25, 0.3) is 0 Å². The molecule has 0 fully saturated rings. The molecule has 3 nitrogen and oxygen atoms in total. The van der Waals surface area contributed by atoms with E-state index in [0.29, 0.717) is 6.04 Å². The summed E-state index contributed by atoms with van der Waals surface area (Å²) < 4.78 is 0. The van der Waals surface area contributed by atoms with Gasteiger partial charge >= 0.3 is 0 Å². The molecule has 0 saturated carbocycles. The molecule has 0 aliphatic rings. The van der Waals surface area contributed by atoms with Crippen LogP contribution in [0.15, 0.2) is 18.6 Å². The Balaban J connectivity index is 1.98. The Bertz CT molecular complexity index is 326. The third kappa shape index (κ3) is 8.82. The fraction of sp³-hybridized carbons (Fsp3) is 0.778. The maximum absolute atomic E-state index is 4.39. The molecule has 0 aliphatic carbocycles. The lowest BCUT2D eigenvalue weighted by atomic mass is 10.0. The SMILES string of the molecule is CCCCCCCCCCCCC(NC)c1cnccn1. The zero-order chi connectivity index (χ0) is 15.2. The number of unbranched alkanes of at least 4 members (excludes halogenated alkanes) is 9. The molecule has 1 aromatic rings. The van der Waals surface area contributed by atoms with E-state index in [1.54, 1.807) is 12.4 Å². The topological polar surface area (TPSA) is 37.8 Å². The van der Waals surface area contributed by atoms with E-state index < -0.39 is 0 Å². The molecule has 0 bridgehead atoms. The maximum atomic E-state index is 4.39. The van der Waals surface area contributed by atoms with E-state index in [1.165, 1.54) is 64.2 Å². The van der Waals surface area contributed by atoms with Crippen LogP contribution in [0.4, 0.5) is 0 Å². The summed E-state index contributed by atoms with van der Waals surface area (Å²) in [6.45, 7) is 2.28. The molecule has 0 spiro atoms. The fourth-order valence-corrected chi connectivity index (χ4v) is 2.77. The van der Waals surface area contributed by atoms with Gasteiger partial charge in [-0.15, -0.1) is 0 Å². The Hall–Kier alpha value is -0.960. The molecular weight excluding hydrogens is 258 g/mol. The van der Waals surface area contributed by atoms with E-state index in [0.717, 1.165) is 12.1 Å². The van der Waals surface area contributed by atoms with Gasteiger partial charge in [0.1, 0.15) is 0 Å². The van der Waals surface area contributed by atoms with Crippen molar-refractivity contribution >= 4 is 0 Å². The minimum absolute atomic E-state index is 0.354. The summed E-state index contributed by atoms with van der Waals surface area (Å²) in [5, 5.41) is 3.35. The molecule has 1 N–H and O–H groups in total. The van der Waals surface area contributed by atoms with Crippen molar-refractivity contribution in [1.29, 1.82) is 0 Å². The van der Waals surface area contributed by atoms with Gasteiger partial charge in [0, 0.05) is 18.6 Å². The van der Waals surface area contributed by atoms with E-state index in [4.69, 9.17) is 0 Å². The minimum Gasteiger partial charge on any atom is -0.312 e. The number of nitrogens with zero attached hydrogens (tertiary/aromatic N) is 2. The number of aromatic nitrogens is 2. The lowest BCUT2D eigenvalue weighted by Gasteiger charge is -2.14. The van der Waals surface area contributed by atoms with Crippen LogP contribution in [0.1, 0.15) is 89.3 Å². The molecule has 0 saturated heterocycles. The van der Waals surface area contributed by atoms with Gasteiger partial charge in [-0.2, -0.15) is 0 Å². The first-order chi connectivity index (χ1) is 10.4. The predicted octanol–water partition coefficient (Wildman–Crippen LogP) is 5.05. The number of hydrogen-bond acceptors (Lipinski definition) is 3. The van der Waals surface area contributed by atoms with Crippen LogP contribution in [0.5, 0.6) is 0 Å². The van der Waals surface area contributed by atoms with Gasteiger partial charge in [0.2, 0.25) is 0 Å². The third-order valence-corrected chi connectivity index (χ3v) is 4.13. The quantitative estimate of drug-likeness (QED) is 0.517. The Morgan fingerprint density at radius 2 is 1.52 bits per heavy atom. The Morgan fingerprint density at radius 1 is 0.905 bits per heavy atom. The van der Waals surface area contributed by atoms with Crippen LogP contribution in [-0.4, -0.2) is 17.0 Å². The van der Waals surface area contributed by atoms with Gasteiger partial charge in [-0.05, 0) is 13.5 Å². The van der Waals surface area contributed by atoms with Crippen molar-refractivity contribution < 1.29 is 0 Å². The lowest BCUT2D eigenvalue weighted by molar-refractivity contribution is 0.484. The highest BCUT2D eigenvalue weighted by atomic mass is 14.9. The second-order valence-electron chi connectivity index (χ2n) is 5.94. The van der Waals surface area contributed by atoms with Crippen molar-refractivity contribution in [3.8, 4) is 0 Å². The molecule has 1 rings (SSSR count). The first kappa shape index (κ1) is 18.1. The molecular formula is C18H33N3. The number of hydrogen-bond donors (Lipinski definition) is 1. The minimum atomic E-state index is 0.354. The fourth-order valence-electron chi connectivity index (χ4n) is 2.77. The van der Waals surface area contributed by atoms with Gasteiger partial charge in [0.05, 0.1) is 11.7 Å². The number of nitrogens with one attached hydrogen (secondary N) is 1. The summed E-state index contributed by atoms with van der Waals surface area (Å²) in [7, 11) is 2.01. The average Bonchev–Trinajstić information content (AvgIpc) is 2.54. The van der Waals surface area contributed by atoms with Crippen LogP contribution in [-0.2, 0) is 0 Å². The zero-order valence-electron chi connectivity index (χ0n) is 14.0. The summed E-state index contributed by atoms with van der Waals surface area (Å²) in [5.41, 5.74) is 1.07. The highest BCUT2D eigenvalue weighted by Crippen LogP contribution is 2.18. The van der Waals surface area contributed by atoms with Crippen LogP contribution < -0.4 is 5.32 Å². The summed E-state index contributed by atoms with van der Waals surface area (Å²) in [4.78, 5) is 8.54. The standard InChI is InChI=1S/C18H33N3/c1-3-4-5-6-7-8-9-10-11-12-13-17(19-2)18-16-20-14-15-21-18/h14-17,19H,3-13H2,1-2H3. The summed E-state index contributed by atoms with van der Waals surface area (Å²) >= 11 is 0. The van der Waals surface area contributed by atoms with Crippen molar-refractivity contribution in [3.05, 3.63) is 24.3 Å². The maximum Gasteiger partial charge on any atom is 0.0755 e. The van der Waals surface area contributed by atoms with E-state index >= 15 is 0 Å². The van der Waals surface area contributed by atoms with Gasteiger partial charge in [0.25, 0.3) is 0 Å². The van der Waals surface area contributed by atoms with E-state index in [2.05, 4.69) is 22.2 Å². The predicted molar refractivity (Wildman–Crippen MR) is 90.3 cm³/mol. The second-order valence-corrected chi connectivity index (χ2v) is 5.94. The third-order valence-electron chi connectivity index (χ3n) is 4.13. The van der Waals surface area contributed by atoms with Crippen molar-refractivity contribution in [1.82, 2.24) is 15.3 Å². The molecule has 1 atom stereocenters. The summed E-state index contributed by atoms with van der Waals surface area (Å²) in [6, 6.07) is 0.354. The van der Waals surface area contributed by atoms with Crippen LogP contribution in [0.2, 0.25) is 0 Å². The van der Waals surface area contributed by atoms with E-state index in [9.17, 15) is 0 Å². The van der Waals surface area contributed by atoms with E-state index in [-0.39, 0.29) is 0 Å². The van der Waals surface area contributed by atoms with Gasteiger partial charge in [-0.1, -0.05) is 71.1 Å². The smallest absolute Gasteiger partial charge is 0.0755 e. The highest BCUT2D eigenvalue weighted by Gasteiger charge is 2.09. The van der Waals surface area contributed by atoms with Crippen LogP contribution in [0, 0.1) is 0 Å². The van der Waals surface area contributed by atoms with Crippen LogP contribution >= 0.6 is 0 Å². The normalized spacial score (nSPS) is 12.5.